The van der Waals surface area contributed by atoms with Gasteiger partial charge in [0.2, 0.25) is 0 Å². The summed E-state index contributed by atoms with van der Waals surface area (Å²) in [5.41, 5.74) is 3.44. The number of rotatable bonds is 6. The van der Waals surface area contributed by atoms with Crippen LogP contribution in [0.2, 0.25) is 0 Å². The second kappa shape index (κ2) is 9.48. The van der Waals surface area contributed by atoms with E-state index in [9.17, 15) is 9.59 Å². The third-order valence-electron chi connectivity index (χ3n) is 4.70. The number of Topliss-reactive ketones (excluding diaryl/α,β-unsaturated/α-hetero) is 1. The van der Waals surface area contributed by atoms with E-state index in [1.165, 1.54) is 12.5 Å². The van der Waals surface area contributed by atoms with E-state index in [0.717, 1.165) is 31.8 Å². The second-order valence-corrected chi connectivity index (χ2v) is 7.18. The number of nitrogens with one attached hydrogen (secondary N) is 2. The van der Waals surface area contributed by atoms with E-state index in [-0.39, 0.29) is 17.9 Å². The van der Waals surface area contributed by atoms with Crippen molar-refractivity contribution in [2.24, 2.45) is 0 Å². The predicted octanol–water partition coefficient (Wildman–Crippen LogP) is 3.43. The Morgan fingerprint density at radius 2 is 1.93 bits per heavy atom. The highest BCUT2D eigenvalue weighted by Gasteiger charge is 2.16. The number of hydrogen-bond acceptors (Lipinski definition) is 4. The summed E-state index contributed by atoms with van der Waals surface area (Å²) in [5.74, 6) is -0.0319. The molecule has 0 saturated carbocycles. The van der Waals surface area contributed by atoms with E-state index in [2.05, 4.69) is 34.6 Å². The maximum atomic E-state index is 12.2. The first-order chi connectivity index (χ1) is 13.5. The zero-order valence-electron chi connectivity index (χ0n) is 16.4. The van der Waals surface area contributed by atoms with Crippen molar-refractivity contribution >= 4 is 17.5 Å². The van der Waals surface area contributed by atoms with Crippen molar-refractivity contribution in [2.45, 2.75) is 33.0 Å². The molecule has 1 atom stereocenters. The molecule has 28 heavy (non-hydrogen) atoms. The summed E-state index contributed by atoms with van der Waals surface area (Å²) >= 11 is 0. The van der Waals surface area contributed by atoms with Gasteiger partial charge in [-0.05, 0) is 37.1 Å². The summed E-state index contributed by atoms with van der Waals surface area (Å²) in [6.45, 7) is 7.56. The van der Waals surface area contributed by atoms with Crippen LogP contribution in [0.1, 0.15) is 35.3 Å². The minimum Gasteiger partial charge on any atom is -0.376 e. The Hall–Kier alpha value is -2.70. The summed E-state index contributed by atoms with van der Waals surface area (Å²) in [4.78, 5) is 26.0. The van der Waals surface area contributed by atoms with Crippen LogP contribution < -0.4 is 10.6 Å². The van der Waals surface area contributed by atoms with E-state index in [1.54, 1.807) is 24.3 Å². The lowest BCUT2D eigenvalue weighted by molar-refractivity contribution is -0.0212. The lowest BCUT2D eigenvalue weighted by atomic mass is 10.1. The third-order valence-corrected chi connectivity index (χ3v) is 4.70. The Balaban J connectivity index is 1.52. The first kappa shape index (κ1) is 20.0. The SMILES string of the molecule is CC(=O)c1cccc(NC(=O)NCc2cccc(CN3CCOC(C)C3)c2)c1. The first-order valence-electron chi connectivity index (χ1n) is 9.57. The number of ether oxygens (including phenoxy) is 1. The van der Waals surface area contributed by atoms with Crippen molar-refractivity contribution < 1.29 is 14.3 Å². The molecule has 0 radical (unpaired) electrons. The van der Waals surface area contributed by atoms with Crippen molar-refractivity contribution in [2.75, 3.05) is 25.0 Å². The van der Waals surface area contributed by atoms with Gasteiger partial charge in [0.1, 0.15) is 0 Å². The molecular weight excluding hydrogens is 354 g/mol. The van der Waals surface area contributed by atoms with E-state index in [4.69, 9.17) is 4.74 Å². The molecule has 2 aromatic carbocycles. The van der Waals surface area contributed by atoms with Crippen LogP contribution in [-0.4, -0.2) is 42.5 Å². The number of amides is 2. The number of ketones is 1. The van der Waals surface area contributed by atoms with Crippen molar-refractivity contribution in [3.05, 3.63) is 65.2 Å². The van der Waals surface area contributed by atoms with Crippen molar-refractivity contribution in [1.82, 2.24) is 10.2 Å². The Morgan fingerprint density at radius 1 is 1.14 bits per heavy atom. The molecule has 2 amide bonds. The molecule has 0 spiro atoms. The summed E-state index contributed by atoms with van der Waals surface area (Å²) < 4.78 is 5.59. The largest absolute Gasteiger partial charge is 0.376 e. The molecule has 1 aliphatic rings. The third kappa shape index (κ3) is 5.90. The van der Waals surface area contributed by atoms with Crippen molar-refractivity contribution in [3.63, 3.8) is 0 Å². The summed E-state index contributed by atoms with van der Waals surface area (Å²) in [5, 5.41) is 5.63. The summed E-state index contributed by atoms with van der Waals surface area (Å²) in [7, 11) is 0. The van der Waals surface area contributed by atoms with Crippen LogP contribution in [0.3, 0.4) is 0 Å². The highest BCUT2D eigenvalue weighted by atomic mass is 16.5. The molecular formula is C22H27N3O3. The van der Waals surface area contributed by atoms with Gasteiger partial charge in [-0.3, -0.25) is 9.69 Å². The van der Waals surface area contributed by atoms with Gasteiger partial charge >= 0.3 is 6.03 Å². The van der Waals surface area contributed by atoms with Crippen LogP contribution in [0.15, 0.2) is 48.5 Å². The lowest BCUT2D eigenvalue weighted by Crippen LogP contribution is -2.40. The zero-order chi connectivity index (χ0) is 19.9. The Labute approximate surface area is 165 Å². The van der Waals surface area contributed by atoms with Crippen molar-refractivity contribution in [1.29, 1.82) is 0 Å². The van der Waals surface area contributed by atoms with Gasteiger partial charge in [0, 0.05) is 37.4 Å². The predicted molar refractivity (Wildman–Crippen MR) is 109 cm³/mol. The maximum Gasteiger partial charge on any atom is 0.319 e. The van der Waals surface area contributed by atoms with E-state index >= 15 is 0 Å². The van der Waals surface area contributed by atoms with Crippen LogP contribution >= 0.6 is 0 Å². The van der Waals surface area contributed by atoms with Crippen molar-refractivity contribution in [3.8, 4) is 0 Å². The van der Waals surface area contributed by atoms with Gasteiger partial charge < -0.3 is 15.4 Å². The Bertz CT molecular complexity index is 837. The molecule has 1 saturated heterocycles. The lowest BCUT2D eigenvalue weighted by Gasteiger charge is -2.31. The second-order valence-electron chi connectivity index (χ2n) is 7.18. The molecule has 1 heterocycles. The maximum absolute atomic E-state index is 12.2. The normalized spacial score (nSPS) is 17.1. The van der Waals surface area contributed by atoms with E-state index < -0.39 is 0 Å². The van der Waals surface area contributed by atoms with Gasteiger partial charge in [0.25, 0.3) is 0 Å². The van der Waals surface area contributed by atoms with Gasteiger partial charge in [-0.15, -0.1) is 0 Å². The average Bonchev–Trinajstić information content (AvgIpc) is 2.67. The number of benzene rings is 2. The minimum atomic E-state index is -0.298. The molecule has 1 unspecified atom stereocenters. The van der Waals surface area contributed by atoms with Gasteiger partial charge in [-0.2, -0.15) is 0 Å². The highest BCUT2D eigenvalue weighted by Crippen LogP contribution is 2.13. The average molecular weight is 381 g/mol. The molecule has 2 aromatic rings. The number of nitrogens with zero attached hydrogens (tertiary/aromatic N) is 1. The number of carbonyl (C=O) groups is 2. The smallest absolute Gasteiger partial charge is 0.319 e. The number of morpholine rings is 1. The van der Waals surface area contributed by atoms with E-state index in [1.807, 2.05) is 12.1 Å². The Kier molecular flexibility index (Phi) is 6.79. The van der Waals surface area contributed by atoms with Crippen LogP contribution in [0, 0.1) is 0 Å². The quantitative estimate of drug-likeness (QED) is 0.752. The monoisotopic (exact) mass is 381 g/mol. The highest BCUT2D eigenvalue weighted by molar-refractivity contribution is 5.96. The van der Waals surface area contributed by atoms with Crippen LogP contribution in [0.4, 0.5) is 10.5 Å². The molecule has 2 N–H and O–H groups in total. The molecule has 6 heteroatoms. The van der Waals surface area contributed by atoms with Gasteiger partial charge in [-0.25, -0.2) is 4.79 Å². The minimum absolute atomic E-state index is 0.0319. The van der Waals surface area contributed by atoms with Crippen LogP contribution in [0.25, 0.3) is 0 Å². The number of hydrogen-bond donors (Lipinski definition) is 2. The number of anilines is 1. The molecule has 0 aliphatic carbocycles. The zero-order valence-corrected chi connectivity index (χ0v) is 16.4. The molecule has 1 fully saturated rings. The molecule has 3 rings (SSSR count). The fourth-order valence-electron chi connectivity index (χ4n) is 3.30. The standard InChI is InChI=1S/C22H27N3O3/c1-16-14-25(9-10-28-16)15-19-6-3-5-18(11-19)13-23-22(27)24-21-8-4-7-20(12-21)17(2)26/h3-8,11-12,16H,9-10,13-15H2,1-2H3,(H2,23,24,27). The van der Waals surface area contributed by atoms with Crippen LogP contribution in [0.5, 0.6) is 0 Å². The number of carbonyl (C=O) groups excluding carboxylic acids is 2. The molecule has 0 bridgehead atoms. The van der Waals surface area contributed by atoms with Crippen LogP contribution in [-0.2, 0) is 17.8 Å². The fourth-order valence-corrected chi connectivity index (χ4v) is 3.30. The van der Waals surface area contributed by atoms with Gasteiger partial charge in [0.05, 0.1) is 12.7 Å². The molecule has 148 valence electrons. The number of urea groups is 1. The first-order valence-corrected chi connectivity index (χ1v) is 9.57. The molecule has 0 aromatic heterocycles. The van der Waals surface area contributed by atoms with Gasteiger partial charge in [-0.1, -0.05) is 36.4 Å². The fraction of sp³-hybridized carbons (Fsp3) is 0.364. The molecule has 1 aliphatic heterocycles. The Morgan fingerprint density at radius 3 is 2.71 bits per heavy atom. The summed E-state index contributed by atoms with van der Waals surface area (Å²) in [6, 6.07) is 14.9. The van der Waals surface area contributed by atoms with E-state index in [0.29, 0.717) is 17.8 Å². The van der Waals surface area contributed by atoms with Gasteiger partial charge in [0.15, 0.2) is 5.78 Å². The summed E-state index contributed by atoms with van der Waals surface area (Å²) in [6.07, 6.45) is 0.267. The molecule has 6 nitrogen and oxygen atoms in total. The topological polar surface area (TPSA) is 70.7 Å².